The summed E-state index contributed by atoms with van der Waals surface area (Å²) in [5.74, 6) is -0.0637. The first kappa shape index (κ1) is 12.1. The number of carbonyl (C=O) groups excluding carboxylic acids is 1. The highest BCUT2D eigenvalue weighted by atomic mass is 16.6. The van der Waals surface area contributed by atoms with Crippen molar-refractivity contribution in [2.45, 2.75) is 20.3 Å². The molecule has 0 bridgehead atoms. The molecule has 0 saturated heterocycles. The topological polar surface area (TPSA) is 76.3 Å². The number of aromatic nitrogens is 1. The third-order valence-electron chi connectivity index (χ3n) is 2.14. The maximum atomic E-state index is 11.6. The van der Waals surface area contributed by atoms with Gasteiger partial charge in [-0.2, -0.15) is 0 Å². The van der Waals surface area contributed by atoms with Crippen LogP contribution >= 0.6 is 0 Å². The van der Waals surface area contributed by atoms with Crippen LogP contribution in [-0.4, -0.2) is 22.4 Å². The number of hydrogen-bond donors (Lipinski definition) is 0. The summed E-state index contributed by atoms with van der Waals surface area (Å²) in [5.41, 5.74) is -0.147. The maximum absolute atomic E-state index is 11.6. The Kier molecular flexibility index (Phi) is 3.93. The van der Waals surface area contributed by atoms with E-state index in [0.717, 1.165) is 0 Å². The molecule has 1 amide bonds. The minimum absolute atomic E-state index is 0.113. The highest BCUT2D eigenvalue weighted by Gasteiger charge is 2.22. The molecule has 6 nitrogen and oxygen atoms in total. The van der Waals surface area contributed by atoms with Gasteiger partial charge in [0.25, 0.3) is 0 Å². The Bertz CT molecular complexity index is 406. The van der Waals surface area contributed by atoms with Gasteiger partial charge in [-0.25, -0.2) is 4.98 Å². The van der Waals surface area contributed by atoms with Crippen molar-refractivity contribution in [3.05, 3.63) is 28.4 Å². The Morgan fingerprint density at radius 1 is 1.56 bits per heavy atom. The Morgan fingerprint density at radius 3 is 2.75 bits per heavy atom. The van der Waals surface area contributed by atoms with Gasteiger partial charge in [-0.3, -0.25) is 19.8 Å². The Labute approximate surface area is 93.1 Å². The second-order valence-corrected chi connectivity index (χ2v) is 3.09. The van der Waals surface area contributed by atoms with Crippen LogP contribution in [0.25, 0.3) is 0 Å². The summed E-state index contributed by atoms with van der Waals surface area (Å²) in [6.45, 7) is 3.83. The van der Waals surface area contributed by atoms with Gasteiger partial charge < -0.3 is 0 Å². The standard InChI is InChI=1S/C10H13N3O3/c1-3-9(14)12(4-2)10-8(13(15)16)6-5-7-11-10/h5-7H,3-4H2,1-2H3. The SMILES string of the molecule is CCC(=O)N(CC)c1ncccc1[N+](=O)[O-]. The molecular formula is C10H13N3O3. The molecule has 16 heavy (non-hydrogen) atoms. The zero-order valence-electron chi connectivity index (χ0n) is 9.21. The van der Waals surface area contributed by atoms with E-state index < -0.39 is 4.92 Å². The van der Waals surface area contributed by atoms with Crippen LogP contribution in [0.4, 0.5) is 11.5 Å². The fourth-order valence-corrected chi connectivity index (χ4v) is 1.37. The molecule has 1 aromatic heterocycles. The lowest BCUT2D eigenvalue weighted by molar-refractivity contribution is -0.384. The van der Waals surface area contributed by atoms with Crippen molar-refractivity contribution in [3.8, 4) is 0 Å². The molecule has 0 saturated carbocycles. The molecular weight excluding hydrogens is 210 g/mol. The average Bonchev–Trinajstić information content (AvgIpc) is 2.30. The molecule has 0 aromatic carbocycles. The van der Waals surface area contributed by atoms with Gasteiger partial charge in [0.1, 0.15) is 0 Å². The van der Waals surface area contributed by atoms with E-state index in [4.69, 9.17) is 0 Å². The molecule has 86 valence electrons. The quantitative estimate of drug-likeness (QED) is 0.575. The molecule has 0 N–H and O–H groups in total. The lowest BCUT2D eigenvalue weighted by atomic mass is 10.3. The van der Waals surface area contributed by atoms with Gasteiger partial charge in [0.15, 0.2) is 0 Å². The first-order chi connectivity index (χ1) is 7.61. The number of nitro groups is 1. The van der Waals surface area contributed by atoms with Crippen molar-refractivity contribution >= 4 is 17.4 Å². The minimum atomic E-state index is -0.534. The molecule has 0 unspecified atom stereocenters. The Hall–Kier alpha value is -1.98. The van der Waals surface area contributed by atoms with Gasteiger partial charge in [0, 0.05) is 25.2 Å². The van der Waals surface area contributed by atoms with Crippen molar-refractivity contribution in [2.24, 2.45) is 0 Å². The van der Waals surface area contributed by atoms with Gasteiger partial charge in [-0.1, -0.05) is 6.92 Å². The summed E-state index contributed by atoms with van der Waals surface area (Å²) in [6, 6.07) is 2.82. The zero-order chi connectivity index (χ0) is 12.1. The van der Waals surface area contributed by atoms with Gasteiger partial charge in [0.05, 0.1) is 4.92 Å². The van der Waals surface area contributed by atoms with Crippen LogP contribution < -0.4 is 4.90 Å². The molecule has 0 aliphatic carbocycles. The van der Waals surface area contributed by atoms with E-state index in [-0.39, 0.29) is 17.4 Å². The predicted octanol–water partition coefficient (Wildman–Crippen LogP) is 1.75. The first-order valence-electron chi connectivity index (χ1n) is 5.01. The first-order valence-corrected chi connectivity index (χ1v) is 5.01. The van der Waals surface area contributed by atoms with E-state index >= 15 is 0 Å². The van der Waals surface area contributed by atoms with Gasteiger partial charge in [-0.15, -0.1) is 0 Å². The summed E-state index contributed by atoms with van der Waals surface area (Å²) in [6.07, 6.45) is 1.73. The monoisotopic (exact) mass is 223 g/mol. The van der Waals surface area contributed by atoms with Crippen molar-refractivity contribution in [1.82, 2.24) is 4.98 Å². The number of rotatable bonds is 4. The van der Waals surface area contributed by atoms with E-state index in [1.807, 2.05) is 0 Å². The van der Waals surface area contributed by atoms with Crippen molar-refractivity contribution < 1.29 is 9.72 Å². The number of anilines is 1. The normalized spacial score (nSPS) is 9.88. The largest absolute Gasteiger partial charge is 0.312 e. The van der Waals surface area contributed by atoms with Gasteiger partial charge >= 0.3 is 5.69 Å². The Morgan fingerprint density at radius 2 is 2.25 bits per heavy atom. The van der Waals surface area contributed by atoms with Crippen molar-refractivity contribution in [3.63, 3.8) is 0 Å². The van der Waals surface area contributed by atoms with Crippen LogP contribution in [0.1, 0.15) is 20.3 Å². The molecule has 0 aliphatic rings. The van der Waals surface area contributed by atoms with Crippen LogP contribution in [0.3, 0.4) is 0 Å². The highest BCUT2D eigenvalue weighted by molar-refractivity contribution is 5.94. The van der Waals surface area contributed by atoms with Crippen LogP contribution in [0, 0.1) is 10.1 Å². The summed E-state index contributed by atoms with van der Waals surface area (Å²) in [7, 11) is 0. The molecule has 0 aliphatic heterocycles. The minimum Gasteiger partial charge on any atom is -0.291 e. The summed E-state index contributed by atoms with van der Waals surface area (Å²) >= 11 is 0. The van der Waals surface area contributed by atoms with Gasteiger partial charge in [0.2, 0.25) is 11.7 Å². The number of pyridine rings is 1. The second-order valence-electron chi connectivity index (χ2n) is 3.09. The van der Waals surface area contributed by atoms with E-state index in [9.17, 15) is 14.9 Å². The second kappa shape index (κ2) is 5.20. The third kappa shape index (κ3) is 2.33. The molecule has 6 heteroatoms. The average molecular weight is 223 g/mol. The Balaban J connectivity index is 3.19. The maximum Gasteiger partial charge on any atom is 0.312 e. The molecule has 0 spiro atoms. The zero-order valence-corrected chi connectivity index (χ0v) is 9.21. The van der Waals surface area contributed by atoms with Crippen molar-refractivity contribution in [2.75, 3.05) is 11.4 Å². The van der Waals surface area contributed by atoms with Crippen LogP contribution in [-0.2, 0) is 4.79 Å². The van der Waals surface area contributed by atoms with E-state index in [1.54, 1.807) is 13.8 Å². The molecule has 0 fully saturated rings. The van der Waals surface area contributed by atoms with E-state index in [2.05, 4.69) is 4.98 Å². The number of amides is 1. The number of hydrogen-bond acceptors (Lipinski definition) is 4. The van der Waals surface area contributed by atoms with Gasteiger partial charge in [-0.05, 0) is 13.0 Å². The van der Waals surface area contributed by atoms with Crippen molar-refractivity contribution in [1.29, 1.82) is 0 Å². The molecule has 0 radical (unpaired) electrons. The van der Waals surface area contributed by atoms with E-state index in [1.165, 1.54) is 23.2 Å². The van der Waals surface area contributed by atoms with E-state index in [0.29, 0.717) is 13.0 Å². The van der Waals surface area contributed by atoms with Crippen LogP contribution in [0.5, 0.6) is 0 Å². The lowest BCUT2D eigenvalue weighted by Gasteiger charge is -2.18. The molecule has 1 aromatic rings. The highest BCUT2D eigenvalue weighted by Crippen LogP contribution is 2.24. The van der Waals surface area contributed by atoms with Crippen LogP contribution in [0.2, 0.25) is 0 Å². The fraction of sp³-hybridized carbons (Fsp3) is 0.400. The lowest BCUT2D eigenvalue weighted by Crippen LogP contribution is -2.31. The molecule has 1 heterocycles. The summed E-state index contributed by atoms with van der Waals surface area (Å²) < 4.78 is 0. The smallest absolute Gasteiger partial charge is 0.291 e. The number of nitrogens with zero attached hydrogens (tertiary/aromatic N) is 3. The number of carbonyl (C=O) groups is 1. The summed E-state index contributed by atoms with van der Waals surface area (Å²) in [5, 5.41) is 10.8. The fourth-order valence-electron chi connectivity index (χ4n) is 1.37. The molecule has 0 atom stereocenters. The molecule has 1 rings (SSSR count). The van der Waals surface area contributed by atoms with Crippen LogP contribution in [0.15, 0.2) is 18.3 Å². The third-order valence-corrected chi connectivity index (χ3v) is 2.14. The summed E-state index contributed by atoms with van der Waals surface area (Å²) in [4.78, 5) is 27.0. The predicted molar refractivity (Wildman–Crippen MR) is 59.2 cm³/mol.